The van der Waals surface area contributed by atoms with Crippen molar-refractivity contribution >= 4 is 5.91 Å². The van der Waals surface area contributed by atoms with Gasteiger partial charge in [-0.05, 0) is 19.2 Å². The number of likely N-dealkylation sites (N-methyl/N-ethyl adjacent to an activating group) is 2. The fourth-order valence-corrected chi connectivity index (χ4v) is 1.18. The monoisotopic (exact) mass is 192 g/mol. The summed E-state index contributed by atoms with van der Waals surface area (Å²) >= 11 is 0. The molecule has 3 nitrogen and oxygen atoms in total. The summed E-state index contributed by atoms with van der Waals surface area (Å²) in [6.07, 6.45) is 0. The molecule has 0 radical (unpaired) electrons. The Morgan fingerprint density at radius 3 is 2.57 bits per heavy atom. The number of hydrogen-bond donors (Lipinski definition) is 1. The smallest absolute Gasteiger partial charge is 0.253 e. The van der Waals surface area contributed by atoms with Gasteiger partial charge in [-0.3, -0.25) is 4.79 Å². The number of nitrogens with zero attached hydrogens (tertiary/aromatic N) is 1. The van der Waals surface area contributed by atoms with Crippen molar-refractivity contribution in [2.24, 2.45) is 0 Å². The largest absolute Gasteiger partial charge is 0.340 e. The van der Waals surface area contributed by atoms with Gasteiger partial charge in [0.2, 0.25) is 0 Å². The molecule has 1 amide bonds. The standard InChI is InChI=1S/C11H16N2O/c1-12-8-9-13(2)11(14)10-6-4-3-5-7-10/h3-7,12H,8-9H2,1-2H3. The first-order valence-corrected chi connectivity index (χ1v) is 4.71. The number of carbonyl (C=O) groups excluding carboxylic acids is 1. The fourth-order valence-electron chi connectivity index (χ4n) is 1.18. The summed E-state index contributed by atoms with van der Waals surface area (Å²) in [4.78, 5) is 13.5. The van der Waals surface area contributed by atoms with E-state index in [0.717, 1.165) is 18.7 Å². The lowest BCUT2D eigenvalue weighted by Gasteiger charge is -2.16. The number of benzene rings is 1. The molecule has 0 aromatic heterocycles. The van der Waals surface area contributed by atoms with Gasteiger partial charge in [-0.2, -0.15) is 0 Å². The zero-order valence-corrected chi connectivity index (χ0v) is 8.66. The molecule has 3 heteroatoms. The van der Waals surface area contributed by atoms with Crippen molar-refractivity contribution in [1.82, 2.24) is 10.2 Å². The molecule has 0 spiro atoms. The number of amides is 1. The molecule has 0 atom stereocenters. The van der Waals surface area contributed by atoms with Gasteiger partial charge in [0.15, 0.2) is 0 Å². The highest BCUT2D eigenvalue weighted by atomic mass is 16.2. The predicted octanol–water partition coefficient (Wildman–Crippen LogP) is 0.978. The number of hydrogen-bond acceptors (Lipinski definition) is 2. The molecule has 1 aromatic carbocycles. The molecule has 1 N–H and O–H groups in total. The van der Waals surface area contributed by atoms with Gasteiger partial charge in [0.25, 0.3) is 5.91 Å². The fraction of sp³-hybridized carbons (Fsp3) is 0.364. The van der Waals surface area contributed by atoms with Gasteiger partial charge in [-0.1, -0.05) is 18.2 Å². The van der Waals surface area contributed by atoms with Gasteiger partial charge in [0.1, 0.15) is 0 Å². The van der Waals surface area contributed by atoms with E-state index < -0.39 is 0 Å². The third-order valence-electron chi connectivity index (χ3n) is 2.06. The topological polar surface area (TPSA) is 32.3 Å². The van der Waals surface area contributed by atoms with Crippen LogP contribution in [-0.4, -0.2) is 38.0 Å². The average molecular weight is 192 g/mol. The molecule has 0 unspecified atom stereocenters. The Labute approximate surface area is 84.7 Å². The number of rotatable bonds is 4. The summed E-state index contributed by atoms with van der Waals surface area (Å²) in [5.41, 5.74) is 0.742. The Bertz CT molecular complexity index is 285. The third kappa shape index (κ3) is 2.85. The first-order chi connectivity index (χ1) is 6.75. The van der Waals surface area contributed by atoms with Crippen LogP contribution in [0.2, 0.25) is 0 Å². The summed E-state index contributed by atoms with van der Waals surface area (Å²) in [5.74, 6) is 0.0702. The van der Waals surface area contributed by atoms with Crippen LogP contribution in [0, 0.1) is 0 Å². The summed E-state index contributed by atoms with van der Waals surface area (Å²) in [7, 11) is 3.69. The zero-order valence-electron chi connectivity index (χ0n) is 8.66. The molecule has 1 rings (SSSR count). The second-order valence-electron chi connectivity index (χ2n) is 3.20. The first kappa shape index (κ1) is 10.7. The van der Waals surface area contributed by atoms with Crippen LogP contribution in [0.15, 0.2) is 30.3 Å². The summed E-state index contributed by atoms with van der Waals surface area (Å²) in [6.45, 7) is 1.54. The lowest BCUT2D eigenvalue weighted by Crippen LogP contribution is -2.32. The highest BCUT2D eigenvalue weighted by Crippen LogP contribution is 2.01. The van der Waals surface area contributed by atoms with Crippen LogP contribution in [0.1, 0.15) is 10.4 Å². The third-order valence-corrected chi connectivity index (χ3v) is 2.06. The minimum atomic E-state index is 0.0702. The van der Waals surface area contributed by atoms with Gasteiger partial charge in [0.05, 0.1) is 0 Å². The molecule has 0 bridgehead atoms. The molecule has 0 aliphatic rings. The maximum atomic E-state index is 11.7. The van der Waals surface area contributed by atoms with Crippen LogP contribution in [0.25, 0.3) is 0 Å². The molecule has 0 aliphatic heterocycles. The van der Waals surface area contributed by atoms with Crippen LogP contribution < -0.4 is 5.32 Å². The lowest BCUT2D eigenvalue weighted by molar-refractivity contribution is 0.0797. The maximum Gasteiger partial charge on any atom is 0.253 e. The quantitative estimate of drug-likeness (QED) is 0.771. The Morgan fingerprint density at radius 1 is 1.36 bits per heavy atom. The highest BCUT2D eigenvalue weighted by Gasteiger charge is 2.09. The predicted molar refractivity (Wildman–Crippen MR) is 57.3 cm³/mol. The van der Waals surface area contributed by atoms with Crippen LogP contribution in [0.4, 0.5) is 0 Å². The van der Waals surface area contributed by atoms with Crippen LogP contribution >= 0.6 is 0 Å². The SMILES string of the molecule is CNCCN(C)C(=O)c1ccccc1. The molecule has 0 aliphatic carbocycles. The molecule has 1 aromatic rings. The molecule has 0 heterocycles. The summed E-state index contributed by atoms with van der Waals surface area (Å²) < 4.78 is 0. The van der Waals surface area contributed by atoms with Gasteiger partial charge < -0.3 is 10.2 Å². The highest BCUT2D eigenvalue weighted by molar-refractivity contribution is 5.93. The Balaban J connectivity index is 2.57. The summed E-state index contributed by atoms with van der Waals surface area (Å²) in [5, 5.41) is 3.01. The van der Waals surface area contributed by atoms with Crippen LogP contribution in [0.5, 0.6) is 0 Å². The average Bonchev–Trinajstić information content (AvgIpc) is 2.26. The van der Waals surface area contributed by atoms with Crippen molar-refractivity contribution in [3.63, 3.8) is 0 Å². The van der Waals surface area contributed by atoms with Crippen molar-refractivity contribution in [3.05, 3.63) is 35.9 Å². The van der Waals surface area contributed by atoms with E-state index in [1.54, 1.807) is 4.90 Å². The van der Waals surface area contributed by atoms with Crippen molar-refractivity contribution in [2.45, 2.75) is 0 Å². The zero-order chi connectivity index (χ0) is 10.4. The van der Waals surface area contributed by atoms with E-state index in [2.05, 4.69) is 5.32 Å². The van der Waals surface area contributed by atoms with E-state index in [1.165, 1.54) is 0 Å². The Hall–Kier alpha value is -1.35. The summed E-state index contributed by atoms with van der Waals surface area (Å²) in [6, 6.07) is 9.32. The van der Waals surface area contributed by atoms with Crippen molar-refractivity contribution in [3.8, 4) is 0 Å². The van der Waals surface area contributed by atoms with E-state index in [4.69, 9.17) is 0 Å². The van der Waals surface area contributed by atoms with Gasteiger partial charge in [-0.25, -0.2) is 0 Å². The second kappa shape index (κ2) is 5.40. The van der Waals surface area contributed by atoms with E-state index in [0.29, 0.717) is 0 Å². The van der Waals surface area contributed by atoms with E-state index >= 15 is 0 Å². The molecule has 0 fully saturated rings. The maximum absolute atomic E-state index is 11.7. The van der Waals surface area contributed by atoms with E-state index in [1.807, 2.05) is 44.4 Å². The second-order valence-corrected chi connectivity index (χ2v) is 3.20. The first-order valence-electron chi connectivity index (χ1n) is 4.71. The minimum absolute atomic E-state index is 0.0702. The lowest BCUT2D eigenvalue weighted by atomic mass is 10.2. The van der Waals surface area contributed by atoms with E-state index in [-0.39, 0.29) is 5.91 Å². The molecular formula is C11H16N2O. The van der Waals surface area contributed by atoms with Crippen molar-refractivity contribution in [1.29, 1.82) is 0 Å². The molecule has 76 valence electrons. The molecule has 0 saturated heterocycles. The van der Waals surface area contributed by atoms with Crippen molar-refractivity contribution < 1.29 is 4.79 Å². The normalized spacial score (nSPS) is 9.86. The molecule has 14 heavy (non-hydrogen) atoms. The Morgan fingerprint density at radius 2 is 2.00 bits per heavy atom. The molecular weight excluding hydrogens is 176 g/mol. The number of nitrogens with one attached hydrogen (secondary N) is 1. The van der Waals surface area contributed by atoms with E-state index in [9.17, 15) is 4.79 Å². The van der Waals surface area contributed by atoms with Gasteiger partial charge >= 0.3 is 0 Å². The van der Waals surface area contributed by atoms with Crippen LogP contribution in [-0.2, 0) is 0 Å². The van der Waals surface area contributed by atoms with Crippen molar-refractivity contribution in [2.75, 3.05) is 27.2 Å². The van der Waals surface area contributed by atoms with Gasteiger partial charge in [0, 0.05) is 25.7 Å². The minimum Gasteiger partial charge on any atom is -0.340 e. The van der Waals surface area contributed by atoms with Gasteiger partial charge in [-0.15, -0.1) is 0 Å². The van der Waals surface area contributed by atoms with Crippen LogP contribution in [0.3, 0.4) is 0 Å². The molecule has 0 saturated carbocycles. The number of carbonyl (C=O) groups is 1. The Kier molecular flexibility index (Phi) is 4.13.